The van der Waals surface area contributed by atoms with E-state index in [2.05, 4.69) is 6.92 Å². The fourth-order valence-corrected chi connectivity index (χ4v) is 4.75. The van der Waals surface area contributed by atoms with E-state index >= 15 is 0 Å². The van der Waals surface area contributed by atoms with Crippen LogP contribution >= 0.6 is 0 Å². The summed E-state index contributed by atoms with van der Waals surface area (Å²) in [6.07, 6.45) is 21.2. The maximum atomic E-state index is 11.7. The maximum Gasteiger partial charge on any atom is 0.362 e. The lowest BCUT2D eigenvalue weighted by Crippen LogP contribution is -2.70. The summed E-state index contributed by atoms with van der Waals surface area (Å²) < 4.78 is -0.560. The van der Waals surface area contributed by atoms with Crippen molar-refractivity contribution in [1.29, 1.82) is 0 Å². The molecule has 0 amide bonds. The van der Waals surface area contributed by atoms with Gasteiger partial charge in [-0.2, -0.15) is 0 Å². The second-order valence-electron chi connectivity index (χ2n) is 9.72. The van der Waals surface area contributed by atoms with Crippen molar-refractivity contribution in [2.75, 3.05) is 6.54 Å². The first kappa shape index (κ1) is 32.1. The van der Waals surface area contributed by atoms with Crippen LogP contribution in [0.1, 0.15) is 118 Å². The highest BCUT2D eigenvalue weighted by Gasteiger charge is 2.52. The van der Waals surface area contributed by atoms with Crippen LogP contribution in [0.4, 0.5) is 0 Å². The molecule has 198 valence electrons. The Bertz CT molecular complexity index is 568. The van der Waals surface area contributed by atoms with Gasteiger partial charge in [0.2, 0.25) is 0 Å². The smallest absolute Gasteiger partial charge is 0.362 e. The van der Waals surface area contributed by atoms with Gasteiger partial charge in [-0.25, -0.2) is 14.4 Å². The van der Waals surface area contributed by atoms with Crippen molar-refractivity contribution in [2.24, 2.45) is 0 Å². The molecule has 0 bridgehead atoms. The average molecular weight is 485 g/mol. The molecule has 3 unspecified atom stereocenters. The number of nitrogens with zero attached hydrogens (tertiary/aromatic N) is 1. The van der Waals surface area contributed by atoms with E-state index in [0.29, 0.717) is 0 Å². The minimum absolute atomic E-state index is 0.0485. The Hall–Kier alpha value is -1.89. The maximum absolute atomic E-state index is 11.7. The second kappa shape index (κ2) is 18.4. The van der Waals surface area contributed by atoms with Gasteiger partial charge >= 0.3 is 17.9 Å². The Balaban J connectivity index is 4.43. The number of carbonyl (C=O) groups is 3. The molecule has 0 radical (unpaired) electrons. The van der Waals surface area contributed by atoms with E-state index in [1.54, 1.807) is 6.08 Å². The minimum atomic E-state index is -1.20. The highest BCUT2D eigenvalue weighted by molar-refractivity contribution is 5.77. The molecule has 0 saturated heterocycles. The van der Waals surface area contributed by atoms with Crippen LogP contribution in [0.25, 0.3) is 0 Å². The Kier molecular flexibility index (Phi) is 17.4. The van der Waals surface area contributed by atoms with Gasteiger partial charge in [0.15, 0.2) is 18.1 Å². The van der Waals surface area contributed by atoms with Crippen molar-refractivity contribution in [3.8, 4) is 0 Å². The topological polar surface area (TPSA) is 112 Å². The first-order valence-electron chi connectivity index (χ1n) is 13.3. The van der Waals surface area contributed by atoms with E-state index < -0.39 is 40.5 Å². The van der Waals surface area contributed by atoms with Crippen LogP contribution in [0.15, 0.2) is 12.2 Å². The number of carboxylic acid groups (broad SMARTS) is 3. The molecule has 0 aromatic rings. The van der Waals surface area contributed by atoms with Crippen molar-refractivity contribution in [2.45, 2.75) is 136 Å². The molecule has 0 aliphatic rings. The van der Waals surface area contributed by atoms with Gasteiger partial charge in [0, 0.05) is 0 Å². The molecule has 0 spiro atoms. The van der Waals surface area contributed by atoms with Gasteiger partial charge in [-0.1, -0.05) is 90.0 Å². The molecule has 3 atom stereocenters. The first-order chi connectivity index (χ1) is 16.1. The van der Waals surface area contributed by atoms with Crippen molar-refractivity contribution in [1.82, 2.24) is 0 Å². The van der Waals surface area contributed by atoms with Crippen molar-refractivity contribution < 1.29 is 34.2 Å². The molecule has 0 aromatic heterocycles. The van der Waals surface area contributed by atoms with Gasteiger partial charge in [0.1, 0.15) is 0 Å². The summed E-state index contributed by atoms with van der Waals surface area (Å²) in [5, 5.41) is 28.8. The van der Waals surface area contributed by atoms with Gasteiger partial charge in [0.25, 0.3) is 0 Å². The fourth-order valence-electron chi connectivity index (χ4n) is 4.75. The molecule has 7 heteroatoms. The summed E-state index contributed by atoms with van der Waals surface area (Å²) in [5.41, 5.74) is 0. The second-order valence-corrected chi connectivity index (χ2v) is 9.72. The monoisotopic (exact) mass is 484 g/mol. The summed E-state index contributed by atoms with van der Waals surface area (Å²) in [4.78, 5) is 35.2. The third-order valence-electron chi connectivity index (χ3n) is 7.30. The summed E-state index contributed by atoms with van der Waals surface area (Å²) in [5.74, 6) is -3.61. The molecule has 0 heterocycles. The van der Waals surface area contributed by atoms with E-state index in [1.165, 1.54) is 91.4 Å². The number of hydrogen-bond donors (Lipinski definition) is 3. The third kappa shape index (κ3) is 11.5. The fraction of sp³-hybridized carbons (Fsp3) is 0.815. The summed E-state index contributed by atoms with van der Waals surface area (Å²) >= 11 is 0. The quantitative estimate of drug-likeness (QED) is 0.0950. The summed E-state index contributed by atoms with van der Waals surface area (Å²) in [7, 11) is 0. The zero-order chi connectivity index (χ0) is 26.0. The molecule has 0 rings (SSSR count). The van der Waals surface area contributed by atoms with E-state index in [0.717, 1.165) is 19.3 Å². The predicted molar refractivity (Wildman–Crippen MR) is 136 cm³/mol. The van der Waals surface area contributed by atoms with E-state index in [9.17, 15) is 29.7 Å². The molecule has 34 heavy (non-hydrogen) atoms. The van der Waals surface area contributed by atoms with Gasteiger partial charge in [-0.05, 0) is 39.7 Å². The Morgan fingerprint density at radius 2 is 0.912 bits per heavy atom. The van der Waals surface area contributed by atoms with Crippen molar-refractivity contribution in [3.63, 3.8) is 0 Å². The minimum Gasteiger partial charge on any atom is -0.477 e. The molecule has 3 N–H and O–H groups in total. The molecule has 0 fully saturated rings. The third-order valence-corrected chi connectivity index (χ3v) is 7.30. The van der Waals surface area contributed by atoms with Crippen LogP contribution in [0, 0.1) is 0 Å². The highest BCUT2D eigenvalue weighted by Crippen LogP contribution is 2.26. The number of carboxylic acids is 3. The van der Waals surface area contributed by atoms with Gasteiger partial charge in [-0.15, -0.1) is 0 Å². The number of unbranched alkanes of at least 4 members (excludes halogenated alkanes) is 13. The lowest BCUT2D eigenvalue weighted by atomic mass is 10.0. The number of hydrogen-bond acceptors (Lipinski definition) is 3. The molecule has 0 saturated carbocycles. The Morgan fingerprint density at radius 1 is 0.588 bits per heavy atom. The van der Waals surface area contributed by atoms with Crippen LogP contribution in [0.3, 0.4) is 0 Å². The number of aliphatic carboxylic acids is 3. The van der Waals surface area contributed by atoms with Crippen molar-refractivity contribution in [3.05, 3.63) is 12.2 Å². The van der Waals surface area contributed by atoms with Gasteiger partial charge < -0.3 is 15.3 Å². The standard InChI is InChI=1S/C27H49NO6/c1-5-6-7-8-9-10-11-12-13-14-15-16-17-18-19-20-21-28(22(2)25(29)30,23(3)26(31)32)24(4)27(33)34/h19-20,22-24H,5-18,21H2,1-4H3,(H2-,29,30,31,32,33,34)/p+1/b20-19+. The molecule has 7 nitrogen and oxygen atoms in total. The van der Waals surface area contributed by atoms with Gasteiger partial charge in [0.05, 0.1) is 6.54 Å². The van der Waals surface area contributed by atoms with Crippen LogP contribution < -0.4 is 0 Å². The van der Waals surface area contributed by atoms with Gasteiger partial charge in [-0.3, -0.25) is 4.48 Å². The normalized spacial score (nSPS) is 16.1. The molecular formula is C27H50NO6+. The molecule has 0 aliphatic heterocycles. The highest BCUT2D eigenvalue weighted by atomic mass is 16.4. The zero-order valence-electron chi connectivity index (χ0n) is 22.0. The zero-order valence-corrected chi connectivity index (χ0v) is 22.0. The summed E-state index contributed by atoms with van der Waals surface area (Å²) in [6.45, 7) is 6.46. The lowest BCUT2D eigenvalue weighted by molar-refractivity contribution is -0.962. The largest absolute Gasteiger partial charge is 0.477 e. The van der Waals surface area contributed by atoms with Crippen LogP contribution in [0.2, 0.25) is 0 Å². The number of quaternary nitrogens is 1. The average Bonchev–Trinajstić information content (AvgIpc) is 2.80. The number of rotatable bonds is 22. The molecule has 0 aliphatic carbocycles. The summed E-state index contributed by atoms with van der Waals surface area (Å²) in [6, 6.07) is -3.51. The first-order valence-corrected chi connectivity index (χ1v) is 13.3. The van der Waals surface area contributed by atoms with Crippen LogP contribution in [-0.4, -0.2) is 62.4 Å². The van der Waals surface area contributed by atoms with E-state index in [4.69, 9.17) is 0 Å². The van der Waals surface area contributed by atoms with Crippen LogP contribution in [0.5, 0.6) is 0 Å². The molecular weight excluding hydrogens is 434 g/mol. The number of allylic oxidation sites excluding steroid dienone is 1. The molecule has 0 aromatic carbocycles. The predicted octanol–water partition coefficient (Wildman–Crippen LogP) is 6.26. The van der Waals surface area contributed by atoms with Crippen molar-refractivity contribution >= 4 is 17.9 Å². The lowest BCUT2D eigenvalue weighted by Gasteiger charge is -2.46. The Labute approximate surface area is 206 Å². The van der Waals surface area contributed by atoms with E-state index in [1.807, 2.05) is 6.08 Å². The SMILES string of the molecule is CCCCCCCCCCCCCCC/C=C/C[N+](C(C)C(=O)O)(C(C)C(=O)O)C(C)C(=O)O. The van der Waals surface area contributed by atoms with Crippen LogP contribution in [-0.2, 0) is 14.4 Å². The van der Waals surface area contributed by atoms with E-state index in [-0.39, 0.29) is 6.54 Å². The Morgan fingerprint density at radius 3 is 1.24 bits per heavy atom.